The Morgan fingerprint density at radius 1 is 1.36 bits per heavy atom. The number of allylic oxidation sites excluding steroid dienone is 1. The van der Waals surface area contributed by atoms with Crippen molar-refractivity contribution in [2.24, 2.45) is 0 Å². The third-order valence-corrected chi connectivity index (χ3v) is 4.01. The third-order valence-electron chi connectivity index (χ3n) is 3.48. The number of alkyl halides is 3. The Kier molecular flexibility index (Phi) is 4.50. The summed E-state index contributed by atoms with van der Waals surface area (Å²) in [6, 6.07) is 5.29. The fourth-order valence-corrected chi connectivity index (χ4v) is 2.75. The molecular formula is C14H11BrF3N5O2. The first kappa shape index (κ1) is 17.4. The quantitative estimate of drug-likeness (QED) is 0.773. The van der Waals surface area contributed by atoms with Gasteiger partial charge in [-0.2, -0.15) is 17.9 Å². The first-order chi connectivity index (χ1) is 11.8. The summed E-state index contributed by atoms with van der Waals surface area (Å²) < 4.78 is 47.3. The highest BCUT2D eigenvalue weighted by molar-refractivity contribution is 9.10. The van der Waals surface area contributed by atoms with Gasteiger partial charge in [0, 0.05) is 4.47 Å². The van der Waals surface area contributed by atoms with Crippen molar-refractivity contribution in [1.82, 2.24) is 20.2 Å². The van der Waals surface area contributed by atoms with Crippen LogP contribution in [0.1, 0.15) is 18.5 Å². The molecule has 1 aliphatic heterocycles. The van der Waals surface area contributed by atoms with Crippen molar-refractivity contribution in [2.75, 3.05) is 11.9 Å². The highest BCUT2D eigenvalue weighted by Gasteiger charge is 2.46. The number of nitrogens with one attached hydrogen (secondary N) is 1. The minimum Gasteiger partial charge on any atom is -0.463 e. The summed E-state index contributed by atoms with van der Waals surface area (Å²) in [5.41, 5.74) is -1.43. The van der Waals surface area contributed by atoms with Gasteiger partial charge in [0.25, 0.3) is 0 Å². The first-order valence-corrected chi connectivity index (χ1v) is 7.91. The number of rotatable bonds is 3. The van der Waals surface area contributed by atoms with Gasteiger partial charge in [0.15, 0.2) is 0 Å². The van der Waals surface area contributed by atoms with Gasteiger partial charge in [0.1, 0.15) is 11.7 Å². The van der Waals surface area contributed by atoms with E-state index in [9.17, 15) is 18.0 Å². The van der Waals surface area contributed by atoms with Crippen molar-refractivity contribution in [3.63, 3.8) is 0 Å². The average Bonchev–Trinajstić information content (AvgIpc) is 3.01. The van der Waals surface area contributed by atoms with Gasteiger partial charge in [-0.1, -0.05) is 33.2 Å². The van der Waals surface area contributed by atoms with Crippen LogP contribution in [0.3, 0.4) is 0 Å². The van der Waals surface area contributed by atoms with Crippen LogP contribution in [-0.4, -0.2) is 39.0 Å². The van der Waals surface area contributed by atoms with Gasteiger partial charge in [0.05, 0.1) is 12.2 Å². The lowest BCUT2D eigenvalue weighted by Crippen LogP contribution is -2.35. The minimum atomic E-state index is -4.81. The molecular weight excluding hydrogens is 407 g/mol. The maximum absolute atomic E-state index is 13.5. The van der Waals surface area contributed by atoms with Gasteiger partial charge in [-0.05, 0) is 35.0 Å². The molecule has 132 valence electrons. The Morgan fingerprint density at radius 2 is 2.04 bits per heavy atom. The maximum Gasteiger partial charge on any atom is 0.431 e. The second-order valence-electron chi connectivity index (χ2n) is 5.03. The van der Waals surface area contributed by atoms with Crippen LogP contribution in [-0.2, 0) is 9.53 Å². The Balaban J connectivity index is 2.24. The third kappa shape index (κ3) is 3.23. The van der Waals surface area contributed by atoms with E-state index in [1.54, 1.807) is 24.3 Å². The summed E-state index contributed by atoms with van der Waals surface area (Å²) in [6.07, 6.45) is -4.81. The first-order valence-electron chi connectivity index (χ1n) is 7.11. The van der Waals surface area contributed by atoms with Crippen LogP contribution in [0, 0.1) is 0 Å². The summed E-state index contributed by atoms with van der Waals surface area (Å²) in [5.74, 6) is -1.30. The van der Waals surface area contributed by atoms with Crippen LogP contribution in [0.2, 0.25) is 0 Å². The molecule has 0 spiro atoms. The largest absolute Gasteiger partial charge is 0.463 e. The molecule has 0 bridgehead atoms. The minimum absolute atomic E-state index is 0.0665. The van der Waals surface area contributed by atoms with E-state index in [-0.39, 0.29) is 12.6 Å². The van der Waals surface area contributed by atoms with Crippen molar-refractivity contribution >= 4 is 27.8 Å². The molecule has 0 amide bonds. The summed E-state index contributed by atoms with van der Waals surface area (Å²) in [7, 11) is 0. The zero-order valence-electron chi connectivity index (χ0n) is 12.7. The topological polar surface area (TPSA) is 81.9 Å². The number of carbonyl (C=O) groups is 1. The van der Waals surface area contributed by atoms with E-state index >= 15 is 0 Å². The van der Waals surface area contributed by atoms with E-state index in [1.165, 1.54) is 6.92 Å². The van der Waals surface area contributed by atoms with E-state index in [1.807, 2.05) is 0 Å². The average molecular weight is 418 g/mol. The number of ether oxygens (including phenoxy) is 1. The van der Waals surface area contributed by atoms with Gasteiger partial charge >= 0.3 is 12.1 Å². The highest BCUT2D eigenvalue weighted by atomic mass is 79.9. The number of benzene rings is 1. The van der Waals surface area contributed by atoms with Crippen LogP contribution >= 0.6 is 15.9 Å². The lowest BCUT2D eigenvalue weighted by Gasteiger charge is -2.29. The smallest absolute Gasteiger partial charge is 0.431 e. The van der Waals surface area contributed by atoms with E-state index in [2.05, 4.69) is 36.8 Å². The van der Waals surface area contributed by atoms with Gasteiger partial charge in [-0.15, -0.1) is 0 Å². The number of anilines is 1. The molecule has 25 heavy (non-hydrogen) atoms. The molecule has 11 heteroatoms. The number of aromatic nitrogens is 4. The normalized spacial score (nSPS) is 17.1. The molecule has 1 N–H and O–H groups in total. The molecule has 0 aliphatic carbocycles. The molecule has 1 aliphatic rings. The Morgan fingerprint density at radius 3 is 2.64 bits per heavy atom. The lowest BCUT2D eigenvalue weighted by atomic mass is 9.95. The molecule has 1 aromatic heterocycles. The zero-order valence-corrected chi connectivity index (χ0v) is 14.3. The van der Waals surface area contributed by atoms with Crippen molar-refractivity contribution < 1.29 is 22.7 Å². The van der Waals surface area contributed by atoms with Crippen LogP contribution < -0.4 is 5.32 Å². The molecule has 1 unspecified atom stereocenters. The van der Waals surface area contributed by atoms with Gasteiger partial charge in [0.2, 0.25) is 5.95 Å². The Hall–Kier alpha value is -2.43. The predicted octanol–water partition coefficient (Wildman–Crippen LogP) is 2.83. The fourth-order valence-electron chi connectivity index (χ4n) is 2.49. The summed E-state index contributed by atoms with van der Waals surface area (Å²) in [6.45, 7) is 1.45. The molecule has 7 nitrogen and oxygen atoms in total. The number of esters is 1. The molecule has 1 atom stereocenters. The number of hydrogen-bond donors (Lipinski definition) is 1. The fraction of sp³-hybridized carbons (Fsp3) is 0.286. The Bertz CT molecular complexity index is 832. The van der Waals surface area contributed by atoms with E-state index in [4.69, 9.17) is 4.74 Å². The number of halogens is 4. The van der Waals surface area contributed by atoms with Crippen molar-refractivity contribution in [3.8, 4) is 0 Å². The number of fused-ring (bicyclic) bond motifs is 1. The van der Waals surface area contributed by atoms with Gasteiger partial charge in [-0.25, -0.2) is 4.79 Å². The van der Waals surface area contributed by atoms with Crippen molar-refractivity contribution in [2.45, 2.75) is 19.1 Å². The molecule has 3 rings (SSSR count). The molecule has 0 radical (unpaired) electrons. The monoisotopic (exact) mass is 417 g/mol. The predicted molar refractivity (Wildman–Crippen MR) is 83.4 cm³/mol. The second kappa shape index (κ2) is 6.47. The van der Waals surface area contributed by atoms with Crippen molar-refractivity contribution in [3.05, 3.63) is 45.6 Å². The van der Waals surface area contributed by atoms with Crippen LogP contribution in [0.5, 0.6) is 0 Å². The van der Waals surface area contributed by atoms with E-state index in [0.717, 1.165) is 9.15 Å². The zero-order chi connectivity index (χ0) is 18.2. The molecule has 0 fully saturated rings. The van der Waals surface area contributed by atoms with Gasteiger partial charge < -0.3 is 10.1 Å². The van der Waals surface area contributed by atoms with E-state index in [0.29, 0.717) is 5.56 Å². The number of hydrogen-bond acceptors (Lipinski definition) is 6. The van der Waals surface area contributed by atoms with Crippen LogP contribution in [0.15, 0.2) is 40.0 Å². The summed E-state index contributed by atoms with van der Waals surface area (Å²) in [5, 5.41) is 12.8. The number of nitrogens with zero attached hydrogens (tertiary/aromatic N) is 4. The Labute approximate surface area is 148 Å². The summed E-state index contributed by atoms with van der Waals surface area (Å²) in [4.78, 5) is 12.3. The molecule has 0 saturated carbocycles. The van der Waals surface area contributed by atoms with Crippen LogP contribution in [0.4, 0.5) is 19.1 Å². The second-order valence-corrected chi connectivity index (χ2v) is 5.95. The maximum atomic E-state index is 13.5. The van der Waals surface area contributed by atoms with Gasteiger partial charge in [-0.3, -0.25) is 0 Å². The molecule has 2 heterocycles. The SMILES string of the molecule is CCOC(=O)C1=C(C(F)(F)F)Nc2nnnn2C1c1ccc(Br)cc1. The molecule has 0 saturated heterocycles. The summed E-state index contributed by atoms with van der Waals surface area (Å²) >= 11 is 3.26. The van der Waals surface area contributed by atoms with Crippen molar-refractivity contribution in [1.29, 1.82) is 0 Å². The van der Waals surface area contributed by atoms with Crippen LogP contribution in [0.25, 0.3) is 0 Å². The number of tetrazole rings is 1. The molecule has 1 aromatic carbocycles. The lowest BCUT2D eigenvalue weighted by molar-refractivity contribution is -0.140. The van der Waals surface area contributed by atoms with E-state index < -0.39 is 29.5 Å². The highest BCUT2D eigenvalue weighted by Crippen LogP contribution is 2.40. The number of carbonyl (C=O) groups excluding carboxylic acids is 1. The molecule has 2 aromatic rings. The standard InChI is InChI=1S/C14H11BrF3N5O2/c1-2-25-12(24)9-10(7-3-5-8(15)6-4-7)23-13(20-21-22-23)19-11(9)14(16,17)18/h3-6,10H,2H2,1H3,(H,19,20,22).